The van der Waals surface area contributed by atoms with Gasteiger partial charge in [0.25, 0.3) is 0 Å². The van der Waals surface area contributed by atoms with Gasteiger partial charge >= 0.3 is 6.09 Å². The number of hydrazone groups is 1. The number of ether oxygens (including phenoxy) is 1. The number of rotatable bonds is 1. The lowest BCUT2D eigenvalue weighted by Crippen LogP contribution is -2.34. The first-order valence-electron chi connectivity index (χ1n) is 6.84. The van der Waals surface area contributed by atoms with E-state index in [9.17, 15) is 4.79 Å². The van der Waals surface area contributed by atoms with E-state index in [2.05, 4.69) is 29.4 Å². The number of hydrogen-bond donors (Lipinski definition) is 0. The van der Waals surface area contributed by atoms with E-state index in [4.69, 9.17) is 4.74 Å². The SMILES string of the molecule is O=C1OCC2CCC(c3cccc4ccccc34)=NN12. The van der Waals surface area contributed by atoms with Crippen molar-refractivity contribution in [3.8, 4) is 0 Å². The monoisotopic (exact) mass is 266 g/mol. The van der Waals surface area contributed by atoms with Crippen LogP contribution in [-0.4, -0.2) is 29.5 Å². The van der Waals surface area contributed by atoms with E-state index in [1.165, 1.54) is 15.8 Å². The molecule has 1 amide bonds. The summed E-state index contributed by atoms with van der Waals surface area (Å²) in [7, 11) is 0. The molecule has 0 saturated carbocycles. The van der Waals surface area contributed by atoms with Gasteiger partial charge in [0.2, 0.25) is 0 Å². The van der Waals surface area contributed by atoms with Crippen LogP contribution in [0.15, 0.2) is 47.6 Å². The first-order valence-corrected chi connectivity index (χ1v) is 6.84. The van der Waals surface area contributed by atoms with Crippen molar-refractivity contribution in [2.45, 2.75) is 18.9 Å². The average molecular weight is 266 g/mol. The second-order valence-electron chi connectivity index (χ2n) is 5.19. The summed E-state index contributed by atoms with van der Waals surface area (Å²) in [6.45, 7) is 0.463. The lowest BCUT2D eigenvalue weighted by Gasteiger charge is -2.23. The van der Waals surface area contributed by atoms with Crippen molar-refractivity contribution in [3.05, 3.63) is 48.0 Å². The van der Waals surface area contributed by atoms with Crippen LogP contribution in [0, 0.1) is 0 Å². The van der Waals surface area contributed by atoms with Gasteiger partial charge in [-0.15, -0.1) is 0 Å². The molecule has 1 unspecified atom stereocenters. The third-order valence-corrected chi connectivity index (χ3v) is 3.98. The predicted molar refractivity (Wildman–Crippen MR) is 76.7 cm³/mol. The van der Waals surface area contributed by atoms with E-state index in [1.807, 2.05) is 18.2 Å². The lowest BCUT2D eigenvalue weighted by atomic mass is 9.96. The van der Waals surface area contributed by atoms with Crippen LogP contribution in [-0.2, 0) is 4.74 Å². The molecule has 2 heterocycles. The van der Waals surface area contributed by atoms with Gasteiger partial charge in [-0.05, 0) is 23.6 Å². The zero-order valence-electron chi connectivity index (χ0n) is 11.0. The number of fused-ring (bicyclic) bond motifs is 2. The highest BCUT2D eigenvalue weighted by molar-refractivity contribution is 6.11. The number of carbonyl (C=O) groups is 1. The van der Waals surface area contributed by atoms with Crippen molar-refractivity contribution >= 4 is 22.6 Å². The molecule has 1 fully saturated rings. The van der Waals surface area contributed by atoms with E-state index in [0.717, 1.165) is 24.1 Å². The third-order valence-electron chi connectivity index (χ3n) is 3.98. The first-order chi connectivity index (χ1) is 9.83. The maximum Gasteiger partial charge on any atom is 0.430 e. The van der Waals surface area contributed by atoms with Crippen molar-refractivity contribution < 1.29 is 9.53 Å². The standard InChI is InChI=1S/C16H14N2O2/c19-16-18-12(10-20-16)8-9-15(17-18)14-7-3-5-11-4-1-2-6-13(11)14/h1-7,12H,8-10H2. The van der Waals surface area contributed by atoms with Crippen LogP contribution < -0.4 is 0 Å². The topological polar surface area (TPSA) is 41.9 Å². The number of hydrogen-bond acceptors (Lipinski definition) is 3. The number of cyclic esters (lactones) is 1. The largest absolute Gasteiger partial charge is 0.446 e. The minimum Gasteiger partial charge on any atom is -0.446 e. The van der Waals surface area contributed by atoms with Crippen molar-refractivity contribution in [1.82, 2.24) is 5.01 Å². The van der Waals surface area contributed by atoms with E-state index in [1.54, 1.807) is 0 Å². The van der Waals surface area contributed by atoms with Gasteiger partial charge < -0.3 is 4.74 Å². The Morgan fingerprint density at radius 2 is 2.00 bits per heavy atom. The van der Waals surface area contributed by atoms with Crippen molar-refractivity contribution in [2.75, 3.05) is 6.61 Å². The van der Waals surface area contributed by atoms with Gasteiger partial charge in [0.15, 0.2) is 0 Å². The smallest absolute Gasteiger partial charge is 0.430 e. The molecule has 4 nitrogen and oxygen atoms in total. The molecule has 4 rings (SSSR count). The predicted octanol–water partition coefficient (Wildman–Crippen LogP) is 3.16. The highest BCUT2D eigenvalue weighted by Gasteiger charge is 2.36. The Hall–Kier alpha value is -2.36. The molecule has 2 aliphatic rings. The quantitative estimate of drug-likeness (QED) is 0.795. The summed E-state index contributed by atoms with van der Waals surface area (Å²) in [4.78, 5) is 11.6. The van der Waals surface area contributed by atoms with Gasteiger partial charge in [0, 0.05) is 5.56 Å². The summed E-state index contributed by atoms with van der Waals surface area (Å²) in [6, 6.07) is 14.6. The van der Waals surface area contributed by atoms with Crippen molar-refractivity contribution in [2.24, 2.45) is 5.10 Å². The van der Waals surface area contributed by atoms with Crippen LogP contribution in [0.4, 0.5) is 4.79 Å². The number of nitrogens with zero attached hydrogens (tertiary/aromatic N) is 2. The molecule has 4 heteroatoms. The Morgan fingerprint density at radius 1 is 1.15 bits per heavy atom. The number of carbonyl (C=O) groups excluding carboxylic acids is 1. The van der Waals surface area contributed by atoms with Gasteiger partial charge in [-0.2, -0.15) is 10.1 Å². The van der Waals surface area contributed by atoms with Crippen LogP contribution in [0.1, 0.15) is 18.4 Å². The summed E-state index contributed by atoms with van der Waals surface area (Å²) in [5, 5.41) is 8.39. The Balaban J connectivity index is 1.83. The van der Waals surface area contributed by atoms with Gasteiger partial charge in [0.05, 0.1) is 11.8 Å². The van der Waals surface area contributed by atoms with Crippen LogP contribution >= 0.6 is 0 Å². The van der Waals surface area contributed by atoms with E-state index in [0.29, 0.717) is 6.61 Å². The van der Waals surface area contributed by atoms with E-state index >= 15 is 0 Å². The first kappa shape index (κ1) is 11.5. The van der Waals surface area contributed by atoms with Crippen molar-refractivity contribution in [3.63, 3.8) is 0 Å². The molecule has 0 N–H and O–H groups in total. The normalized spacial score (nSPS) is 21.6. The van der Waals surface area contributed by atoms with Crippen LogP contribution in [0.2, 0.25) is 0 Å². The Kier molecular flexibility index (Phi) is 2.49. The minimum atomic E-state index is -0.326. The van der Waals surface area contributed by atoms with Crippen LogP contribution in [0.25, 0.3) is 10.8 Å². The van der Waals surface area contributed by atoms with Gasteiger partial charge in [0.1, 0.15) is 6.61 Å². The Bertz CT molecular complexity index is 718. The third kappa shape index (κ3) is 1.68. The van der Waals surface area contributed by atoms with Gasteiger partial charge in [-0.1, -0.05) is 42.5 Å². The molecule has 100 valence electrons. The molecule has 0 spiro atoms. The molecule has 0 bridgehead atoms. The fourth-order valence-electron chi connectivity index (χ4n) is 2.93. The maximum atomic E-state index is 11.6. The second kappa shape index (κ2) is 4.34. The summed E-state index contributed by atoms with van der Waals surface area (Å²) in [6.07, 6.45) is 1.46. The fraction of sp³-hybridized carbons (Fsp3) is 0.250. The van der Waals surface area contributed by atoms with E-state index < -0.39 is 0 Å². The van der Waals surface area contributed by atoms with Crippen LogP contribution in [0.5, 0.6) is 0 Å². The van der Waals surface area contributed by atoms with Gasteiger partial charge in [-0.25, -0.2) is 4.79 Å². The Labute approximate surface area is 116 Å². The molecular weight excluding hydrogens is 252 g/mol. The minimum absolute atomic E-state index is 0.112. The molecular formula is C16H14N2O2. The maximum absolute atomic E-state index is 11.6. The number of benzene rings is 2. The average Bonchev–Trinajstić information content (AvgIpc) is 2.88. The highest BCUT2D eigenvalue weighted by Crippen LogP contribution is 2.27. The summed E-state index contributed by atoms with van der Waals surface area (Å²) < 4.78 is 5.05. The molecule has 1 atom stereocenters. The molecule has 1 saturated heterocycles. The summed E-state index contributed by atoms with van der Waals surface area (Å²) in [5.74, 6) is 0. The molecule has 2 aromatic rings. The molecule has 2 aromatic carbocycles. The molecule has 0 aliphatic carbocycles. The summed E-state index contributed by atoms with van der Waals surface area (Å²) >= 11 is 0. The Morgan fingerprint density at radius 3 is 2.95 bits per heavy atom. The van der Waals surface area contributed by atoms with E-state index in [-0.39, 0.29) is 12.1 Å². The molecule has 20 heavy (non-hydrogen) atoms. The van der Waals surface area contributed by atoms with Crippen molar-refractivity contribution in [1.29, 1.82) is 0 Å². The highest BCUT2D eigenvalue weighted by atomic mass is 16.6. The van der Waals surface area contributed by atoms with Crippen LogP contribution in [0.3, 0.4) is 0 Å². The zero-order chi connectivity index (χ0) is 13.5. The fourth-order valence-corrected chi connectivity index (χ4v) is 2.93. The summed E-state index contributed by atoms with van der Waals surface area (Å²) in [5.41, 5.74) is 2.08. The second-order valence-corrected chi connectivity index (χ2v) is 5.19. The lowest BCUT2D eigenvalue weighted by molar-refractivity contribution is 0.158. The molecule has 0 radical (unpaired) electrons. The molecule has 2 aliphatic heterocycles. The molecule has 0 aromatic heterocycles. The number of amides is 1. The zero-order valence-corrected chi connectivity index (χ0v) is 11.0. The van der Waals surface area contributed by atoms with Gasteiger partial charge in [-0.3, -0.25) is 0 Å².